The molecule has 106 valence electrons. The molecule has 0 saturated carbocycles. The molecule has 2 rings (SSSR count). The Balaban J connectivity index is 2.40. The van der Waals surface area contributed by atoms with Crippen molar-refractivity contribution < 1.29 is 4.39 Å². The lowest BCUT2D eigenvalue weighted by Crippen LogP contribution is -2.25. The largest absolute Gasteiger partial charge is 0.323 e. The van der Waals surface area contributed by atoms with Gasteiger partial charge in [0.25, 0.3) is 0 Å². The Morgan fingerprint density at radius 1 is 1.20 bits per heavy atom. The molecule has 3 atom stereocenters. The van der Waals surface area contributed by atoms with Gasteiger partial charge in [-0.15, -0.1) is 0 Å². The summed E-state index contributed by atoms with van der Waals surface area (Å²) in [7, 11) is 0. The fourth-order valence-electron chi connectivity index (χ4n) is 2.67. The zero-order valence-corrected chi connectivity index (χ0v) is 12.0. The first-order valence-electron chi connectivity index (χ1n) is 7.05. The van der Waals surface area contributed by atoms with Crippen LogP contribution in [0, 0.1) is 11.7 Å². The lowest BCUT2D eigenvalue weighted by atomic mass is 9.78. The molecule has 3 heteroatoms. The molecule has 1 aromatic carbocycles. The zero-order chi connectivity index (χ0) is 14.5. The minimum Gasteiger partial charge on any atom is -0.323 e. The van der Waals surface area contributed by atoms with Gasteiger partial charge < -0.3 is 5.73 Å². The summed E-state index contributed by atoms with van der Waals surface area (Å²) in [4.78, 5) is 3.79. The summed E-state index contributed by atoms with van der Waals surface area (Å²) in [6.07, 6.45) is 3.82. The van der Waals surface area contributed by atoms with Gasteiger partial charge in [0.15, 0.2) is 0 Å². The van der Waals surface area contributed by atoms with Crippen LogP contribution in [0.25, 0.3) is 0 Å². The second-order valence-electron chi connectivity index (χ2n) is 5.24. The van der Waals surface area contributed by atoms with Crippen molar-refractivity contribution in [2.24, 2.45) is 11.7 Å². The first-order chi connectivity index (χ1) is 9.65. The first-order valence-corrected chi connectivity index (χ1v) is 7.05. The van der Waals surface area contributed by atoms with Crippen molar-refractivity contribution in [2.75, 3.05) is 0 Å². The topological polar surface area (TPSA) is 38.9 Å². The van der Waals surface area contributed by atoms with E-state index in [1.807, 2.05) is 18.2 Å². The van der Waals surface area contributed by atoms with Crippen LogP contribution in [0.4, 0.5) is 4.39 Å². The Kier molecular flexibility index (Phi) is 4.85. The molecule has 1 aromatic heterocycles. The van der Waals surface area contributed by atoms with Gasteiger partial charge in [0.05, 0.1) is 6.20 Å². The molecule has 0 spiro atoms. The van der Waals surface area contributed by atoms with E-state index in [1.54, 1.807) is 12.3 Å². The molecule has 2 N–H and O–H groups in total. The van der Waals surface area contributed by atoms with E-state index in [0.29, 0.717) is 11.5 Å². The van der Waals surface area contributed by atoms with E-state index < -0.39 is 0 Å². The van der Waals surface area contributed by atoms with E-state index in [0.717, 1.165) is 12.0 Å². The standard InChI is InChI=1S/C17H21FN2/c1-3-12(2)16(13-7-5-4-6-8-13)17(19)14-9-10-20-11-15(14)18/h4-12,16-17H,3,19H2,1-2H3. The Morgan fingerprint density at radius 2 is 1.90 bits per heavy atom. The van der Waals surface area contributed by atoms with Crippen LogP contribution < -0.4 is 5.73 Å². The highest BCUT2D eigenvalue weighted by molar-refractivity contribution is 5.28. The van der Waals surface area contributed by atoms with Crippen LogP contribution in [0.5, 0.6) is 0 Å². The summed E-state index contributed by atoms with van der Waals surface area (Å²) in [5, 5.41) is 0. The quantitative estimate of drug-likeness (QED) is 0.891. The number of hydrogen-bond acceptors (Lipinski definition) is 2. The molecule has 0 bridgehead atoms. The third-order valence-electron chi connectivity index (χ3n) is 3.99. The van der Waals surface area contributed by atoms with Crippen molar-refractivity contribution in [3.63, 3.8) is 0 Å². The molecule has 0 aliphatic rings. The molecule has 0 aliphatic heterocycles. The van der Waals surface area contributed by atoms with Crippen molar-refractivity contribution in [1.29, 1.82) is 0 Å². The average molecular weight is 272 g/mol. The molecule has 3 unspecified atom stereocenters. The van der Waals surface area contributed by atoms with Gasteiger partial charge in [-0.05, 0) is 17.5 Å². The van der Waals surface area contributed by atoms with Crippen LogP contribution in [0.3, 0.4) is 0 Å². The Morgan fingerprint density at radius 3 is 2.50 bits per heavy atom. The maximum Gasteiger partial charge on any atom is 0.146 e. The highest BCUT2D eigenvalue weighted by atomic mass is 19.1. The maximum atomic E-state index is 13.9. The predicted molar refractivity (Wildman–Crippen MR) is 79.8 cm³/mol. The van der Waals surface area contributed by atoms with Crippen molar-refractivity contribution in [3.05, 3.63) is 65.7 Å². The molecule has 2 nitrogen and oxygen atoms in total. The number of nitrogens with two attached hydrogens (primary N) is 1. The molecule has 0 amide bonds. The number of hydrogen-bond donors (Lipinski definition) is 1. The minimum absolute atomic E-state index is 0.0955. The van der Waals surface area contributed by atoms with E-state index in [4.69, 9.17) is 5.73 Å². The van der Waals surface area contributed by atoms with E-state index in [2.05, 4.69) is 31.0 Å². The van der Waals surface area contributed by atoms with Gasteiger partial charge in [0.1, 0.15) is 5.82 Å². The van der Waals surface area contributed by atoms with Crippen LogP contribution in [-0.4, -0.2) is 4.98 Å². The van der Waals surface area contributed by atoms with E-state index >= 15 is 0 Å². The Bertz CT molecular complexity index is 542. The third kappa shape index (κ3) is 3.05. The molecule has 20 heavy (non-hydrogen) atoms. The van der Waals surface area contributed by atoms with Gasteiger partial charge in [-0.1, -0.05) is 50.6 Å². The second-order valence-corrected chi connectivity index (χ2v) is 5.24. The van der Waals surface area contributed by atoms with Gasteiger partial charge in [0, 0.05) is 23.7 Å². The zero-order valence-electron chi connectivity index (χ0n) is 12.0. The summed E-state index contributed by atoms with van der Waals surface area (Å²) in [6, 6.07) is 11.4. The number of aromatic nitrogens is 1. The normalized spacial score (nSPS) is 15.6. The van der Waals surface area contributed by atoms with Gasteiger partial charge in [-0.2, -0.15) is 0 Å². The average Bonchev–Trinajstić information content (AvgIpc) is 2.48. The van der Waals surface area contributed by atoms with Crippen molar-refractivity contribution in [2.45, 2.75) is 32.2 Å². The maximum absolute atomic E-state index is 13.9. The third-order valence-corrected chi connectivity index (χ3v) is 3.99. The first kappa shape index (κ1) is 14.7. The molecule has 1 heterocycles. The molecule has 2 aromatic rings. The van der Waals surface area contributed by atoms with Crippen LogP contribution in [0.15, 0.2) is 48.8 Å². The summed E-state index contributed by atoms with van der Waals surface area (Å²) in [5.41, 5.74) is 8.07. The number of benzene rings is 1. The number of halogens is 1. The highest BCUT2D eigenvalue weighted by Crippen LogP contribution is 2.37. The fourth-order valence-corrected chi connectivity index (χ4v) is 2.67. The van der Waals surface area contributed by atoms with Crippen LogP contribution in [-0.2, 0) is 0 Å². The van der Waals surface area contributed by atoms with Crippen molar-refractivity contribution in [3.8, 4) is 0 Å². The SMILES string of the molecule is CCC(C)C(c1ccccc1)C(N)c1ccncc1F. The smallest absolute Gasteiger partial charge is 0.146 e. The van der Waals surface area contributed by atoms with Gasteiger partial charge in [-0.3, -0.25) is 4.98 Å². The fraction of sp³-hybridized carbons (Fsp3) is 0.353. The van der Waals surface area contributed by atoms with Crippen LogP contribution >= 0.6 is 0 Å². The summed E-state index contributed by atoms with van der Waals surface area (Å²) >= 11 is 0. The van der Waals surface area contributed by atoms with Gasteiger partial charge >= 0.3 is 0 Å². The Hall–Kier alpha value is -1.74. The molecule has 0 aliphatic carbocycles. The predicted octanol–water partition coefficient (Wildman–Crippen LogP) is 4.05. The second kappa shape index (κ2) is 6.62. The molecule has 0 saturated heterocycles. The van der Waals surface area contributed by atoms with Gasteiger partial charge in [-0.25, -0.2) is 4.39 Å². The lowest BCUT2D eigenvalue weighted by Gasteiger charge is -2.30. The summed E-state index contributed by atoms with van der Waals surface area (Å²) in [5.74, 6) is 0.141. The minimum atomic E-state index is -0.365. The van der Waals surface area contributed by atoms with Crippen molar-refractivity contribution >= 4 is 0 Å². The molecule has 0 fully saturated rings. The highest BCUT2D eigenvalue weighted by Gasteiger charge is 2.27. The monoisotopic (exact) mass is 272 g/mol. The molecule has 0 radical (unpaired) electrons. The number of nitrogens with zero attached hydrogens (tertiary/aromatic N) is 1. The Labute approximate surface area is 119 Å². The van der Waals surface area contributed by atoms with E-state index in [1.165, 1.54) is 6.20 Å². The van der Waals surface area contributed by atoms with Crippen molar-refractivity contribution in [1.82, 2.24) is 4.98 Å². The van der Waals surface area contributed by atoms with E-state index in [-0.39, 0.29) is 17.8 Å². The molecular weight excluding hydrogens is 251 g/mol. The molecular formula is C17H21FN2. The summed E-state index contributed by atoms with van der Waals surface area (Å²) < 4.78 is 13.9. The van der Waals surface area contributed by atoms with E-state index in [9.17, 15) is 4.39 Å². The van der Waals surface area contributed by atoms with Gasteiger partial charge in [0.2, 0.25) is 0 Å². The van der Waals surface area contributed by atoms with Crippen LogP contribution in [0.2, 0.25) is 0 Å². The number of pyridine rings is 1. The van der Waals surface area contributed by atoms with Crippen LogP contribution in [0.1, 0.15) is 43.4 Å². The lowest BCUT2D eigenvalue weighted by molar-refractivity contribution is 0.380. The summed E-state index contributed by atoms with van der Waals surface area (Å²) in [6.45, 7) is 4.30. The number of rotatable bonds is 5.